The zero-order chi connectivity index (χ0) is 15.1. The maximum Gasteiger partial charge on any atom is 0.372 e. The highest BCUT2D eigenvalue weighted by atomic mass is 16.6. The lowest BCUT2D eigenvalue weighted by molar-refractivity contribution is -0.385. The van der Waals surface area contributed by atoms with Crippen molar-refractivity contribution in [1.29, 1.82) is 0 Å². The van der Waals surface area contributed by atoms with Gasteiger partial charge in [-0.05, 0) is 20.3 Å². The first-order valence-corrected chi connectivity index (χ1v) is 6.43. The second-order valence-electron chi connectivity index (χ2n) is 4.48. The van der Waals surface area contributed by atoms with Crippen molar-refractivity contribution in [3.63, 3.8) is 0 Å². The third-order valence-electron chi connectivity index (χ3n) is 2.22. The van der Waals surface area contributed by atoms with Gasteiger partial charge in [0.1, 0.15) is 6.61 Å². The second-order valence-corrected chi connectivity index (χ2v) is 4.48. The standard InChI is InChI=1S/C12H20N4O4/c1-5-6-20-12-10(16(17)18)11(13-8(2)3)14-9(15-12)7-19-4/h8H,5-7H2,1-4H3,(H,13,14,15). The molecule has 1 rings (SSSR count). The van der Waals surface area contributed by atoms with Gasteiger partial charge >= 0.3 is 5.69 Å². The van der Waals surface area contributed by atoms with Gasteiger partial charge in [-0.3, -0.25) is 10.1 Å². The summed E-state index contributed by atoms with van der Waals surface area (Å²) < 4.78 is 10.3. The van der Waals surface area contributed by atoms with Crippen LogP contribution in [-0.4, -0.2) is 34.6 Å². The number of anilines is 1. The first kappa shape index (κ1) is 16.1. The van der Waals surface area contributed by atoms with Crippen LogP contribution in [0.3, 0.4) is 0 Å². The third-order valence-corrected chi connectivity index (χ3v) is 2.22. The normalized spacial score (nSPS) is 10.7. The first-order chi connectivity index (χ1) is 9.49. The molecular formula is C12H20N4O4. The predicted octanol–water partition coefficient (Wildman–Crippen LogP) is 2.14. The highest BCUT2D eigenvalue weighted by Gasteiger charge is 2.26. The Morgan fingerprint density at radius 2 is 2.10 bits per heavy atom. The van der Waals surface area contributed by atoms with Gasteiger partial charge in [-0.2, -0.15) is 4.98 Å². The van der Waals surface area contributed by atoms with Gasteiger partial charge in [-0.15, -0.1) is 0 Å². The van der Waals surface area contributed by atoms with Crippen LogP contribution in [0.1, 0.15) is 33.0 Å². The van der Waals surface area contributed by atoms with E-state index in [1.54, 1.807) is 0 Å². The molecule has 0 spiro atoms. The van der Waals surface area contributed by atoms with Gasteiger partial charge in [-0.1, -0.05) is 6.92 Å². The molecule has 1 heterocycles. The molecule has 0 amide bonds. The van der Waals surface area contributed by atoms with E-state index in [1.807, 2.05) is 20.8 Å². The molecule has 0 aliphatic heterocycles. The summed E-state index contributed by atoms with van der Waals surface area (Å²) in [5, 5.41) is 14.2. The molecule has 0 radical (unpaired) electrons. The molecule has 0 atom stereocenters. The van der Waals surface area contributed by atoms with E-state index in [-0.39, 0.29) is 30.0 Å². The number of rotatable bonds is 8. The smallest absolute Gasteiger partial charge is 0.372 e. The molecule has 8 heteroatoms. The topological polar surface area (TPSA) is 99.4 Å². The summed E-state index contributed by atoms with van der Waals surface area (Å²) >= 11 is 0. The average molecular weight is 284 g/mol. The van der Waals surface area contributed by atoms with Crippen molar-refractivity contribution in [3.05, 3.63) is 15.9 Å². The molecule has 1 aromatic rings. The lowest BCUT2D eigenvalue weighted by Gasteiger charge is -2.13. The number of methoxy groups -OCH3 is 1. The summed E-state index contributed by atoms with van der Waals surface area (Å²) in [5.74, 6) is 0.465. The number of ether oxygens (including phenoxy) is 2. The van der Waals surface area contributed by atoms with Crippen molar-refractivity contribution in [3.8, 4) is 5.88 Å². The van der Waals surface area contributed by atoms with Crippen molar-refractivity contribution in [2.45, 2.75) is 39.8 Å². The zero-order valence-corrected chi connectivity index (χ0v) is 12.2. The molecular weight excluding hydrogens is 264 g/mol. The van der Waals surface area contributed by atoms with Crippen LogP contribution in [0.5, 0.6) is 5.88 Å². The summed E-state index contributed by atoms with van der Waals surface area (Å²) in [7, 11) is 1.51. The SMILES string of the molecule is CCCOc1nc(COC)nc(NC(C)C)c1[N+](=O)[O-]. The van der Waals surface area contributed by atoms with E-state index in [2.05, 4.69) is 15.3 Å². The lowest BCUT2D eigenvalue weighted by Crippen LogP contribution is -2.16. The Balaban J connectivity index is 3.28. The van der Waals surface area contributed by atoms with Crippen LogP contribution >= 0.6 is 0 Å². The fraction of sp³-hybridized carbons (Fsp3) is 0.667. The minimum Gasteiger partial charge on any atom is -0.473 e. The van der Waals surface area contributed by atoms with E-state index >= 15 is 0 Å². The number of nitrogens with zero attached hydrogens (tertiary/aromatic N) is 3. The Kier molecular flexibility index (Phi) is 6.10. The molecule has 0 unspecified atom stereocenters. The Morgan fingerprint density at radius 3 is 2.60 bits per heavy atom. The van der Waals surface area contributed by atoms with Crippen molar-refractivity contribution >= 4 is 11.5 Å². The van der Waals surface area contributed by atoms with E-state index in [4.69, 9.17) is 9.47 Å². The molecule has 0 aromatic carbocycles. The van der Waals surface area contributed by atoms with Crippen LogP contribution in [-0.2, 0) is 11.3 Å². The highest BCUT2D eigenvalue weighted by Crippen LogP contribution is 2.32. The molecule has 8 nitrogen and oxygen atoms in total. The van der Waals surface area contributed by atoms with Gasteiger partial charge in [0.05, 0.1) is 11.5 Å². The number of nitrogens with one attached hydrogen (secondary N) is 1. The average Bonchev–Trinajstić information content (AvgIpc) is 2.35. The van der Waals surface area contributed by atoms with Gasteiger partial charge < -0.3 is 14.8 Å². The fourth-order valence-electron chi connectivity index (χ4n) is 1.51. The van der Waals surface area contributed by atoms with Crippen molar-refractivity contribution in [2.24, 2.45) is 0 Å². The molecule has 20 heavy (non-hydrogen) atoms. The predicted molar refractivity (Wildman–Crippen MR) is 73.9 cm³/mol. The first-order valence-electron chi connectivity index (χ1n) is 6.43. The van der Waals surface area contributed by atoms with Gasteiger partial charge in [0, 0.05) is 13.2 Å². The van der Waals surface area contributed by atoms with Crippen LogP contribution in [0.25, 0.3) is 0 Å². The lowest BCUT2D eigenvalue weighted by atomic mass is 10.3. The molecule has 0 aliphatic carbocycles. The van der Waals surface area contributed by atoms with Crippen LogP contribution < -0.4 is 10.1 Å². The second kappa shape index (κ2) is 7.59. The number of hydrogen-bond donors (Lipinski definition) is 1. The number of nitro groups is 1. The number of aromatic nitrogens is 2. The van der Waals surface area contributed by atoms with E-state index in [0.717, 1.165) is 6.42 Å². The van der Waals surface area contributed by atoms with Gasteiger partial charge in [0.15, 0.2) is 5.82 Å². The molecule has 112 valence electrons. The zero-order valence-electron chi connectivity index (χ0n) is 12.2. The molecule has 0 saturated carbocycles. The Labute approximate surface area is 117 Å². The van der Waals surface area contributed by atoms with E-state index in [0.29, 0.717) is 12.4 Å². The Morgan fingerprint density at radius 1 is 1.40 bits per heavy atom. The fourth-order valence-corrected chi connectivity index (χ4v) is 1.51. The molecule has 0 fully saturated rings. The summed E-state index contributed by atoms with van der Waals surface area (Å²) in [6.45, 7) is 6.16. The minimum atomic E-state index is -0.535. The van der Waals surface area contributed by atoms with Crippen LogP contribution in [0, 0.1) is 10.1 Å². The summed E-state index contributed by atoms with van der Waals surface area (Å²) in [6, 6.07) is -0.00183. The summed E-state index contributed by atoms with van der Waals surface area (Å²) in [4.78, 5) is 18.9. The molecule has 0 saturated heterocycles. The molecule has 1 N–H and O–H groups in total. The monoisotopic (exact) mass is 284 g/mol. The van der Waals surface area contributed by atoms with Crippen LogP contribution in [0.2, 0.25) is 0 Å². The quantitative estimate of drug-likeness (QED) is 0.576. The minimum absolute atomic E-state index is 0.00183. The van der Waals surface area contributed by atoms with Crippen molar-refractivity contribution < 1.29 is 14.4 Å². The highest BCUT2D eigenvalue weighted by molar-refractivity contribution is 5.62. The third kappa shape index (κ3) is 4.30. The maximum absolute atomic E-state index is 11.2. The molecule has 0 aliphatic rings. The largest absolute Gasteiger partial charge is 0.473 e. The molecule has 0 bridgehead atoms. The number of hydrogen-bond acceptors (Lipinski definition) is 7. The van der Waals surface area contributed by atoms with Crippen molar-refractivity contribution in [1.82, 2.24) is 9.97 Å². The van der Waals surface area contributed by atoms with Gasteiger partial charge in [0.25, 0.3) is 5.88 Å². The van der Waals surface area contributed by atoms with Crippen molar-refractivity contribution in [2.75, 3.05) is 19.0 Å². The Hall–Kier alpha value is -1.96. The van der Waals surface area contributed by atoms with E-state index in [1.165, 1.54) is 7.11 Å². The summed E-state index contributed by atoms with van der Waals surface area (Å²) in [6.07, 6.45) is 0.730. The maximum atomic E-state index is 11.2. The summed E-state index contributed by atoms with van der Waals surface area (Å²) in [5.41, 5.74) is -0.244. The Bertz CT molecular complexity index is 465. The van der Waals surface area contributed by atoms with Gasteiger partial charge in [0.2, 0.25) is 5.82 Å². The van der Waals surface area contributed by atoms with E-state index < -0.39 is 4.92 Å². The van der Waals surface area contributed by atoms with Gasteiger partial charge in [-0.25, -0.2) is 4.98 Å². The molecule has 1 aromatic heterocycles. The van der Waals surface area contributed by atoms with Crippen LogP contribution in [0.15, 0.2) is 0 Å². The van der Waals surface area contributed by atoms with E-state index in [9.17, 15) is 10.1 Å². The van der Waals surface area contributed by atoms with Crippen LogP contribution in [0.4, 0.5) is 11.5 Å².